The first-order valence-electron chi connectivity index (χ1n) is 7.95. The van der Waals surface area contributed by atoms with Gasteiger partial charge < -0.3 is 9.73 Å². The maximum Gasteiger partial charge on any atom is 0.287 e. The van der Waals surface area contributed by atoms with Gasteiger partial charge >= 0.3 is 0 Å². The number of para-hydroxylation sites is 1. The first-order valence-corrected chi connectivity index (χ1v) is 7.95. The summed E-state index contributed by atoms with van der Waals surface area (Å²) in [6.45, 7) is 1.12. The van der Waals surface area contributed by atoms with E-state index in [4.69, 9.17) is 4.42 Å². The lowest BCUT2D eigenvalue weighted by Gasteiger charge is -2.05. The number of hydrogen-bond acceptors (Lipinski definition) is 4. The molecular weight excluding hydrogens is 316 g/mol. The summed E-state index contributed by atoms with van der Waals surface area (Å²) in [5.41, 5.74) is 2.86. The Morgan fingerprint density at radius 3 is 2.64 bits per heavy atom. The minimum Gasteiger partial charge on any atom is -0.451 e. The molecule has 124 valence electrons. The summed E-state index contributed by atoms with van der Waals surface area (Å²) in [7, 11) is 0. The average molecular weight is 332 g/mol. The van der Waals surface area contributed by atoms with Gasteiger partial charge in [0, 0.05) is 11.9 Å². The van der Waals surface area contributed by atoms with Gasteiger partial charge in [0.25, 0.3) is 5.91 Å². The third-order valence-electron chi connectivity index (χ3n) is 3.94. The summed E-state index contributed by atoms with van der Waals surface area (Å²) in [5, 5.41) is 7.89. The highest BCUT2D eigenvalue weighted by atomic mass is 16.3. The molecule has 0 atom stereocenters. The van der Waals surface area contributed by atoms with Crippen LogP contribution in [0.25, 0.3) is 11.0 Å². The molecule has 0 aliphatic rings. The fourth-order valence-corrected chi connectivity index (χ4v) is 2.63. The molecule has 1 amide bonds. The van der Waals surface area contributed by atoms with Gasteiger partial charge in [0.15, 0.2) is 5.76 Å². The third-order valence-corrected chi connectivity index (χ3v) is 3.94. The smallest absolute Gasteiger partial charge is 0.287 e. The van der Waals surface area contributed by atoms with Crippen LogP contribution in [0.5, 0.6) is 0 Å². The molecule has 0 unspecified atom stereocenters. The molecule has 0 fully saturated rings. The number of rotatable bonds is 5. The third kappa shape index (κ3) is 3.42. The molecular formula is C19H16N4O2. The SMILES string of the molecule is O=C(NCc1ccc(Cn2cncn2)cc1)c1cc2ccccc2o1. The van der Waals surface area contributed by atoms with E-state index in [2.05, 4.69) is 15.4 Å². The van der Waals surface area contributed by atoms with Crippen LogP contribution in [0.15, 0.2) is 71.7 Å². The van der Waals surface area contributed by atoms with Crippen LogP contribution < -0.4 is 5.32 Å². The number of amides is 1. The highest BCUT2D eigenvalue weighted by Crippen LogP contribution is 2.18. The zero-order valence-electron chi connectivity index (χ0n) is 13.4. The largest absolute Gasteiger partial charge is 0.451 e. The molecule has 1 N–H and O–H groups in total. The van der Waals surface area contributed by atoms with Crippen LogP contribution in [-0.2, 0) is 13.1 Å². The molecule has 0 aliphatic heterocycles. The molecule has 6 nitrogen and oxygen atoms in total. The fraction of sp³-hybridized carbons (Fsp3) is 0.105. The van der Waals surface area contributed by atoms with Crippen molar-refractivity contribution >= 4 is 16.9 Å². The lowest BCUT2D eigenvalue weighted by Crippen LogP contribution is -2.22. The van der Waals surface area contributed by atoms with Gasteiger partial charge in [-0.2, -0.15) is 5.10 Å². The van der Waals surface area contributed by atoms with Crippen molar-refractivity contribution in [2.75, 3.05) is 0 Å². The summed E-state index contributed by atoms with van der Waals surface area (Å²) in [5.74, 6) is 0.104. The highest BCUT2D eigenvalue weighted by Gasteiger charge is 2.11. The molecule has 2 aromatic carbocycles. The van der Waals surface area contributed by atoms with Crippen molar-refractivity contribution in [1.82, 2.24) is 20.1 Å². The molecule has 0 saturated heterocycles. The van der Waals surface area contributed by atoms with E-state index < -0.39 is 0 Å². The zero-order chi connectivity index (χ0) is 17.1. The molecule has 25 heavy (non-hydrogen) atoms. The first-order chi connectivity index (χ1) is 12.3. The number of nitrogens with zero attached hydrogens (tertiary/aromatic N) is 3. The standard InChI is InChI=1S/C19H16N4O2/c24-19(18-9-16-3-1-2-4-17(16)25-18)21-10-14-5-7-15(8-6-14)11-23-13-20-12-22-23/h1-9,12-13H,10-11H2,(H,21,24). The van der Waals surface area contributed by atoms with Gasteiger partial charge in [0.05, 0.1) is 6.54 Å². The summed E-state index contributed by atoms with van der Waals surface area (Å²) in [6, 6.07) is 17.3. The van der Waals surface area contributed by atoms with Crippen LogP contribution in [0.1, 0.15) is 21.7 Å². The van der Waals surface area contributed by atoms with Crippen molar-refractivity contribution in [3.63, 3.8) is 0 Å². The van der Waals surface area contributed by atoms with Crippen LogP contribution in [-0.4, -0.2) is 20.7 Å². The van der Waals surface area contributed by atoms with Crippen molar-refractivity contribution in [2.24, 2.45) is 0 Å². The molecule has 2 aromatic heterocycles. The van der Waals surface area contributed by atoms with E-state index >= 15 is 0 Å². The molecule has 0 aliphatic carbocycles. The number of fused-ring (bicyclic) bond motifs is 1. The van der Waals surface area contributed by atoms with E-state index in [0.717, 1.165) is 16.5 Å². The first kappa shape index (κ1) is 15.1. The quantitative estimate of drug-likeness (QED) is 0.610. The zero-order valence-corrected chi connectivity index (χ0v) is 13.4. The van der Waals surface area contributed by atoms with Gasteiger partial charge in [-0.15, -0.1) is 0 Å². The summed E-state index contributed by atoms with van der Waals surface area (Å²) in [4.78, 5) is 16.2. The molecule has 6 heteroatoms. The molecule has 2 heterocycles. The Hall–Kier alpha value is -3.41. The predicted octanol–water partition coefficient (Wildman–Crippen LogP) is 3.00. The second-order valence-corrected chi connectivity index (χ2v) is 5.74. The molecule has 0 bridgehead atoms. The number of carbonyl (C=O) groups excluding carboxylic acids is 1. The van der Waals surface area contributed by atoms with Crippen molar-refractivity contribution < 1.29 is 9.21 Å². The van der Waals surface area contributed by atoms with Crippen LogP contribution in [0.4, 0.5) is 0 Å². The lowest BCUT2D eigenvalue weighted by atomic mass is 10.1. The van der Waals surface area contributed by atoms with Crippen molar-refractivity contribution in [3.8, 4) is 0 Å². The van der Waals surface area contributed by atoms with Crippen molar-refractivity contribution in [3.05, 3.63) is 84.1 Å². The van der Waals surface area contributed by atoms with Crippen molar-refractivity contribution in [2.45, 2.75) is 13.1 Å². The number of nitrogens with one attached hydrogen (secondary N) is 1. The Morgan fingerprint density at radius 1 is 1.08 bits per heavy atom. The van der Waals surface area contributed by atoms with Crippen LogP contribution in [0, 0.1) is 0 Å². The Bertz CT molecular complexity index is 955. The minimum absolute atomic E-state index is 0.220. The number of furan rings is 1. The maximum absolute atomic E-state index is 12.2. The number of aromatic nitrogens is 3. The molecule has 4 aromatic rings. The highest BCUT2D eigenvalue weighted by molar-refractivity contribution is 5.95. The molecule has 0 saturated carbocycles. The summed E-state index contributed by atoms with van der Waals surface area (Å²) < 4.78 is 7.33. The van der Waals surface area contributed by atoms with E-state index in [0.29, 0.717) is 24.4 Å². The van der Waals surface area contributed by atoms with Gasteiger partial charge in [0.2, 0.25) is 0 Å². The van der Waals surface area contributed by atoms with Gasteiger partial charge in [-0.05, 0) is 23.3 Å². The van der Waals surface area contributed by atoms with Gasteiger partial charge in [-0.25, -0.2) is 9.67 Å². The summed E-state index contributed by atoms with van der Waals surface area (Å²) >= 11 is 0. The summed E-state index contributed by atoms with van der Waals surface area (Å²) in [6.07, 6.45) is 3.20. The minimum atomic E-state index is -0.220. The predicted molar refractivity (Wildman–Crippen MR) is 93.0 cm³/mol. The Balaban J connectivity index is 1.38. The molecule has 4 rings (SSSR count). The van der Waals surface area contributed by atoms with Gasteiger partial charge in [0.1, 0.15) is 18.2 Å². The van der Waals surface area contributed by atoms with E-state index in [1.165, 1.54) is 6.33 Å². The van der Waals surface area contributed by atoms with E-state index in [-0.39, 0.29) is 5.91 Å². The lowest BCUT2D eigenvalue weighted by molar-refractivity contribution is 0.0925. The fourth-order valence-electron chi connectivity index (χ4n) is 2.63. The van der Waals surface area contributed by atoms with Crippen LogP contribution >= 0.6 is 0 Å². The Kier molecular flexibility index (Phi) is 4.00. The monoisotopic (exact) mass is 332 g/mol. The number of carbonyl (C=O) groups is 1. The Labute approximate surface area is 144 Å². The topological polar surface area (TPSA) is 73.0 Å². The van der Waals surface area contributed by atoms with E-state index in [9.17, 15) is 4.79 Å². The average Bonchev–Trinajstić information content (AvgIpc) is 3.30. The molecule has 0 radical (unpaired) electrons. The van der Waals surface area contributed by atoms with Gasteiger partial charge in [-0.3, -0.25) is 4.79 Å². The van der Waals surface area contributed by atoms with Crippen LogP contribution in [0.3, 0.4) is 0 Å². The Morgan fingerprint density at radius 2 is 1.88 bits per heavy atom. The number of benzene rings is 2. The second kappa shape index (κ2) is 6.60. The number of hydrogen-bond donors (Lipinski definition) is 1. The van der Waals surface area contributed by atoms with Crippen molar-refractivity contribution in [1.29, 1.82) is 0 Å². The van der Waals surface area contributed by atoms with Crippen LogP contribution in [0.2, 0.25) is 0 Å². The molecule has 0 spiro atoms. The van der Waals surface area contributed by atoms with E-state index in [1.54, 1.807) is 17.1 Å². The van der Waals surface area contributed by atoms with Gasteiger partial charge in [-0.1, -0.05) is 42.5 Å². The maximum atomic E-state index is 12.2. The second-order valence-electron chi connectivity index (χ2n) is 5.74. The van der Waals surface area contributed by atoms with E-state index in [1.807, 2.05) is 48.5 Å². The normalized spacial score (nSPS) is 10.9.